The molecule has 1 spiro atoms. The van der Waals surface area contributed by atoms with Crippen LogP contribution in [-0.4, -0.2) is 16.9 Å². The molecule has 1 unspecified atom stereocenters. The quantitative estimate of drug-likeness (QED) is 0.543. The van der Waals surface area contributed by atoms with Gasteiger partial charge in [0, 0.05) is 26.9 Å². The third kappa shape index (κ3) is 2.63. The van der Waals surface area contributed by atoms with Gasteiger partial charge in [0.1, 0.15) is 0 Å². The third-order valence-corrected chi connectivity index (χ3v) is 6.23. The Bertz CT molecular complexity index is 1300. The summed E-state index contributed by atoms with van der Waals surface area (Å²) in [7, 11) is 0. The Labute approximate surface area is 188 Å². The average molecular weight is 451 g/mol. The second-order valence-electron chi connectivity index (χ2n) is 7.52. The normalized spacial score (nSPS) is 19.9. The van der Waals surface area contributed by atoms with Crippen LogP contribution >= 0.6 is 23.2 Å². The number of hydrogen-bond donors (Lipinski definition) is 2. The SMILES string of the molecule is Cc1ccc(Cl)cc1N1C(=O)C(O)=C(c2ccccc2)C12C(=O)Nc1cc(Cl)ccc12. The number of aliphatic hydroxyl groups is 1. The molecule has 0 aromatic heterocycles. The van der Waals surface area contributed by atoms with Crippen molar-refractivity contribution in [1.82, 2.24) is 0 Å². The minimum atomic E-state index is -1.61. The zero-order valence-corrected chi connectivity index (χ0v) is 17.8. The Morgan fingerprint density at radius 3 is 2.35 bits per heavy atom. The summed E-state index contributed by atoms with van der Waals surface area (Å²) >= 11 is 12.4. The number of rotatable bonds is 2. The van der Waals surface area contributed by atoms with Gasteiger partial charge in [-0.1, -0.05) is 65.7 Å². The first kappa shape index (κ1) is 19.7. The molecular formula is C24H16Cl2N2O3. The van der Waals surface area contributed by atoms with E-state index in [1.54, 1.807) is 60.7 Å². The van der Waals surface area contributed by atoms with Crippen LogP contribution in [-0.2, 0) is 15.1 Å². The molecule has 5 rings (SSSR count). The van der Waals surface area contributed by atoms with Gasteiger partial charge in [-0.25, -0.2) is 0 Å². The molecule has 31 heavy (non-hydrogen) atoms. The molecule has 2 aliphatic rings. The Balaban J connectivity index is 1.89. The Kier molecular flexibility index (Phi) is 4.36. The van der Waals surface area contributed by atoms with E-state index in [9.17, 15) is 14.7 Å². The molecule has 2 amide bonds. The molecule has 0 radical (unpaired) electrons. The van der Waals surface area contributed by atoms with Gasteiger partial charge in [-0.2, -0.15) is 0 Å². The summed E-state index contributed by atoms with van der Waals surface area (Å²) in [5, 5.41) is 14.8. The highest BCUT2D eigenvalue weighted by Crippen LogP contribution is 2.56. The van der Waals surface area contributed by atoms with Crippen LogP contribution in [0.3, 0.4) is 0 Å². The summed E-state index contributed by atoms with van der Waals surface area (Å²) in [6.45, 7) is 1.82. The fraction of sp³-hybridized carbons (Fsp3) is 0.0833. The van der Waals surface area contributed by atoms with Crippen molar-refractivity contribution in [3.8, 4) is 0 Å². The lowest BCUT2D eigenvalue weighted by Crippen LogP contribution is -2.51. The lowest BCUT2D eigenvalue weighted by molar-refractivity contribution is -0.123. The second-order valence-corrected chi connectivity index (χ2v) is 8.39. The molecule has 2 aliphatic heterocycles. The van der Waals surface area contributed by atoms with Gasteiger partial charge in [0.2, 0.25) is 0 Å². The Morgan fingerprint density at radius 1 is 0.935 bits per heavy atom. The van der Waals surface area contributed by atoms with Crippen LogP contribution in [0.15, 0.2) is 72.5 Å². The highest BCUT2D eigenvalue weighted by Gasteiger charge is 2.63. The molecule has 7 heteroatoms. The molecule has 5 nitrogen and oxygen atoms in total. The summed E-state index contributed by atoms with van der Waals surface area (Å²) in [4.78, 5) is 28.5. The van der Waals surface area contributed by atoms with E-state index in [2.05, 4.69) is 5.32 Å². The number of amides is 2. The van der Waals surface area contributed by atoms with Gasteiger partial charge < -0.3 is 10.4 Å². The number of nitrogens with zero attached hydrogens (tertiary/aromatic N) is 1. The van der Waals surface area contributed by atoms with Gasteiger partial charge in [-0.15, -0.1) is 0 Å². The van der Waals surface area contributed by atoms with E-state index in [0.717, 1.165) is 5.56 Å². The zero-order valence-electron chi connectivity index (χ0n) is 16.3. The number of carbonyl (C=O) groups excluding carboxylic acids is 2. The van der Waals surface area contributed by atoms with Crippen molar-refractivity contribution in [2.75, 3.05) is 10.2 Å². The van der Waals surface area contributed by atoms with E-state index in [1.807, 2.05) is 13.0 Å². The average Bonchev–Trinajstić information content (AvgIpc) is 3.15. The number of aliphatic hydroxyl groups excluding tert-OH is 1. The maximum absolute atomic E-state index is 13.7. The van der Waals surface area contributed by atoms with Crippen LogP contribution in [0.4, 0.5) is 11.4 Å². The van der Waals surface area contributed by atoms with E-state index in [1.165, 1.54) is 4.90 Å². The van der Waals surface area contributed by atoms with Crippen LogP contribution in [0.2, 0.25) is 10.0 Å². The number of carbonyl (C=O) groups is 2. The predicted molar refractivity (Wildman–Crippen MR) is 121 cm³/mol. The summed E-state index contributed by atoms with van der Waals surface area (Å²) in [5.74, 6) is -1.62. The van der Waals surface area contributed by atoms with E-state index in [0.29, 0.717) is 32.5 Å². The van der Waals surface area contributed by atoms with Crippen molar-refractivity contribution in [1.29, 1.82) is 0 Å². The highest BCUT2D eigenvalue weighted by molar-refractivity contribution is 6.33. The van der Waals surface area contributed by atoms with E-state index in [-0.39, 0.29) is 5.57 Å². The molecule has 2 N–H and O–H groups in total. The first-order valence-corrected chi connectivity index (χ1v) is 10.3. The molecule has 1 atom stereocenters. The topological polar surface area (TPSA) is 69.6 Å². The zero-order chi connectivity index (χ0) is 21.9. The Hall–Kier alpha value is -3.28. The number of halogens is 2. The summed E-state index contributed by atoms with van der Waals surface area (Å²) in [5.41, 5.74) is 1.35. The molecule has 2 heterocycles. The van der Waals surface area contributed by atoms with Crippen LogP contribution < -0.4 is 10.2 Å². The van der Waals surface area contributed by atoms with Crippen molar-refractivity contribution in [3.05, 3.63) is 99.2 Å². The van der Waals surface area contributed by atoms with Crippen molar-refractivity contribution in [2.45, 2.75) is 12.5 Å². The molecule has 0 fully saturated rings. The minimum Gasteiger partial charge on any atom is -0.503 e. The molecule has 154 valence electrons. The monoisotopic (exact) mass is 450 g/mol. The van der Waals surface area contributed by atoms with Gasteiger partial charge in [-0.3, -0.25) is 14.5 Å². The summed E-state index contributed by atoms with van der Waals surface area (Å²) < 4.78 is 0. The van der Waals surface area contributed by atoms with Gasteiger partial charge in [0.25, 0.3) is 11.8 Å². The highest BCUT2D eigenvalue weighted by atomic mass is 35.5. The largest absolute Gasteiger partial charge is 0.503 e. The fourth-order valence-corrected chi connectivity index (χ4v) is 4.79. The molecule has 0 saturated heterocycles. The minimum absolute atomic E-state index is 0.219. The van der Waals surface area contributed by atoms with Gasteiger partial charge in [-0.05, 0) is 42.3 Å². The third-order valence-electron chi connectivity index (χ3n) is 5.76. The van der Waals surface area contributed by atoms with Gasteiger partial charge >= 0.3 is 0 Å². The van der Waals surface area contributed by atoms with Crippen LogP contribution in [0.25, 0.3) is 5.57 Å². The number of fused-ring (bicyclic) bond motifs is 2. The van der Waals surface area contributed by atoms with E-state index in [4.69, 9.17) is 23.2 Å². The number of benzene rings is 3. The van der Waals surface area contributed by atoms with Crippen molar-refractivity contribution in [3.63, 3.8) is 0 Å². The van der Waals surface area contributed by atoms with Crippen molar-refractivity contribution in [2.24, 2.45) is 0 Å². The lowest BCUT2D eigenvalue weighted by atomic mass is 9.80. The molecule has 0 bridgehead atoms. The van der Waals surface area contributed by atoms with Crippen LogP contribution in [0.1, 0.15) is 16.7 Å². The number of hydrogen-bond acceptors (Lipinski definition) is 3. The lowest BCUT2D eigenvalue weighted by Gasteiger charge is -2.36. The van der Waals surface area contributed by atoms with Gasteiger partial charge in [0.05, 0.1) is 5.69 Å². The van der Waals surface area contributed by atoms with Crippen molar-refractivity contribution < 1.29 is 14.7 Å². The summed E-state index contributed by atoms with van der Waals surface area (Å²) in [6.07, 6.45) is 0. The first-order chi connectivity index (χ1) is 14.9. The maximum Gasteiger partial charge on any atom is 0.295 e. The molecule has 0 aliphatic carbocycles. The van der Waals surface area contributed by atoms with Crippen LogP contribution in [0, 0.1) is 6.92 Å². The molecule has 3 aromatic carbocycles. The predicted octanol–water partition coefficient (Wildman–Crippen LogP) is 5.47. The summed E-state index contributed by atoms with van der Waals surface area (Å²) in [6, 6.07) is 19.0. The van der Waals surface area contributed by atoms with Crippen molar-refractivity contribution >= 4 is 52.0 Å². The first-order valence-electron chi connectivity index (χ1n) is 9.57. The maximum atomic E-state index is 13.7. The number of anilines is 2. The van der Waals surface area contributed by atoms with Crippen LogP contribution in [0.5, 0.6) is 0 Å². The fourth-order valence-electron chi connectivity index (χ4n) is 4.45. The number of nitrogens with one attached hydrogen (secondary N) is 1. The second kappa shape index (κ2) is 6.87. The molecular weight excluding hydrogens is 435 g/mol. The van der Waals surface area contributed by atoms with E-state index < -0.39 is 23.1 Å². The molecule has 0 saturated carbocycles. The molecule has 3 aromatic rings. The number of aryl methyl sites for hydroxylation is 1. The van der Waals surface area contributed by atoms with Gasteiger partial charge in [0.15, 0.2) is 11.3 Å². The van der Waals surface area contributed by atoms with E-state index >= 15 is 0 Å². The Morgan fingerprint density at radius 2 is 1.61 bits per heavy atom. The smallest absolute Gasteiger partial charge is 0.295 e. The standard InChI is InChI=1S/C24H16Cl2N2O3/c1-13-7-8-16(26)12-19(13)28-22(30)21(29)20(14-5-3-2-4-6-14)24(28)17-10-9-15(25)11-18(17)27-23(24)31/h2-12,29H,1H3,(H,27,31).